The molecule has 0 spiro atoms. The van der Waals surface area contributed by atoms with Gasteiger partial charge in [-0.3, -0.25) is 9.59 Å². The molecule has 0 aliphatic carbocycles. The smallest absolute Gasteiger partial charge is 0.201 e. The van der Waals surface area contributed by atoms with E-state index in [1.54, 1.807) is 0 Å². The first kappa shape index (κ1) is 18.4. The Morgan fingerprint density at radius 3 is 1.83 bits per heavy atom. The fourth-order valence-corrected chi connectivity index (χ4v) is 3.48. The Morgan fingerprint density at radius 2 is 1.50 bits per heavy atom. The van der Waals surface area contributed by atoms with E-state index in [0.29, 0.717) is 19.4 Å². The van der Waals surface area contributed by atoms with Crippen molar-refractivity contribution in [1.29, 1.82) is 0 Å². The molecule has 0 N–H and O–H groups in total. The summed E-state index contributed by atoms with van der Waals surface area (Å²) >= 11 is 8.42. The summed E-state index contributed by atoms with van der Waals surface area (Å²) < 4.78 is 5.52. The normalized spacial score (nSPS) is 16.1. The standard InChI is InChI=1S/C12H23O3PS2/c1-4-7-8-15-16(11(13)9(17)5-2)12(14)10(18)6-3/h9-10,17-18H,4-8H2,1-3H3. The quantitative estimate of drug-likeness (QED) is 0.367. The second-order valence-electron chi connectivity index (χ2n) is 4.01. The molecule has 106 valence electrons. The third kappa shape index (κ3) is 6.05. The highest BCUT2D eigenvalue weighted by molar-refractivity contribution is 7.93. The summed E-state index contributed by atoms with van der Waals surface area (Å²) in [5, 5.41) is -0.835. The topological polar surface area (TPSA) is 43.4 Å². The van der Waals surface area contributed by atoms with Crippen LogP contribution in [0, 0.1) is 0 Å². The van der Waals surface area contributed by atoms with E-state index in [9.17, 15) is 9.59 Å². The van der Waals surface area contributed by atoms with Crippen LogP contribution in [0.4, 0.5) is 0 Å². The molecule has 0 radical (unpaired) electrons. The van der Waals surface area contributed by atoms with E-state index in [4.69, 9.17) is 4.52 Å². The SMILES string of the molecule is CCCCOP(C(=O)C(S)CC)C(=O)C(S)CC. The van der Waals surface area contributed by atoms with Crippen LogP contribution in [0.3, 0.4) is 0 Å². The molecule has 0 rings (SSSR count). The largest absolute Gasteiger partial charge is 0.345 e. The Bertz CT molecular complexity index is 252. The van der Waals surface area contributed by atoms with Gasteiger partial charge in [-0.1, -0.05) is 27.2 Å². The van der Waals surface area contributed by atoms with Gasteiger partial charge in [-0.2, -0.15) is 25.3 Å². The molecule has 18 heavy (non-hydrogen) atoms. The van der Waals surface area contributed by atoms with E-state index in [0.717, 1.165) is 12.8 Å². The molecular weight excluding hydrogens is 287 g/mol. The second kappa shape index (κ2) is 10.2. The van der Waals surface area contributed by atoms with Gasteiger partial charge in [-0.25, -0.2) is 0 Å². The lowest BCUT2D eigenvalue weighted by atomic mass is 10.3. The van der Waals surface area contributed by atoms with Crippen LogP contribution < -0.4 is 0 Å². The minimum absolute atomic E-state index is 0.176. The zero-order valence-electron chi connectivity index (χ0n) is 11.3. The number of carbonyl (C=O) groups excluding carboxylic acids is 2. The Balaban J connectivity index is 4.70. The van der Waals surface area contributed by atoms with Gasteiger partial charge in [0.05, 0.1) is 17.1 Å². The highest BCUT2D eigenvalue weighted by Gasteiger charge is 2.34. The van der Waals surface area contributed by atoms with Crippen LogP contribution >= 0.6 is 33.4 Å². The van der Waals surface area contributed by atoms with Crippen molar-refractivity contribution < 1.29 is 14.1 Å². The van der Waals surface area contributed by atoms with Crippen molar-refractivity contribution in [3.05, 3.63) is 0 Å². The fraction of sp³-hybridized carbons (Fsp3) is 0.833. The first-order chi connectivity index (χ1) is 8.49. The number of hydrogen-bond acceptors (Lipinski definition) is 5. The predicted molar refractivity (Wildman–Crippen MR) is 83.9 cm³/mol. The molecule has 6 heteroatoms. The lowest BCUT2D eigenvalue weighted by Crippen LogP contribution is -2.22. The minimum Gasteiger partial charge on any atom is -0.345 e. The third-order valence-electron chi connectivity index (χ3n) is 2.46. The summed E-state index contributed by atoms with van der Waals surface area (Å²) in [6, 6.07) is 0. The second-order valence-corrected chi connectivity index (χ2v) is 6.98. The summed E-state index contributed by atoms with van der Waals surface area (Å²) in [4.78, 5) is 24.2. The molecule has 0 aromatic heterocycles. The van der Waals surface area contributed by atoms with E-state index in [2.05, 4.69) is 25.3 Å². The van der Waals surface area contributed by atoms with E-state index in [1.165, 1.54) is 0 Å². The van der Waals surface area contributed by atoms with Gasteiger partial charge in [0, 0.05) is 0 Å². The summed E-state index contributed by atoms with van der Waals surface area (Å²) in [6.07, 6.45) is 3.04. The number of rotatable bonds is 10. The van der Waals surface area contributed by atoms with Crippen molar-refractivity contribution in [2.45, 2.75) is 57.0 Å². The van der Waals surface area contributed by atoms with Gasteiger partial charge in [-0.05, 0) is 19.3 Å². The lowest BCUT2D eigenvalue weighted by molar-refractivity contribution is -0.114. The van der Waals surface area contributed by atoms with Crippen LogP contribution in [0.15, 0.2) is 0 Å². The van der Waals surface area contributed by atoms with Crippen molar-refractivity contribution in [2.75, 3.05) is 6.61 Å². The van der Waals surface area contributed by atoms with Crippen molar-refractivity contribution >= 4 is 44.5 Å². The third-order valence-corrected chi connectivity index (χ3v) is 5.93. The van der Waals surface area contributed by atoms with Crippen molar-refractivity contribution in [2.24, 2.45) is 0 Å². The molecule has 0 bridgehead atoms. The molecule has 0 aromatic rings. The summed E-state index contributed by atoms with van der Waals surface area (Å²) in [5.74, 6) is 0. The molecular formula is C12H23O3PS2. The molecule has 2 unspecified atom stereocenters. The van der Waals surface area contributed by atoms with Gasteiger partial charge in [0.2, 0.25) is 11.0 Å². The van der Waals surface area contributed by atoms with Gasteiger partial charge in [0.1, 0.15) is 0 Å². The molecule has 0 fully saturated rings. The average Bonchev–Trinajstić information content (AvgIpc) is 2.40. The molecule has 2 atom stereocenters. The van der Waals surface area contributed by atoms with E-state index < -0.39 is 18.6 Å². The maximum absolute atomic E-state index is 12.1. The lowest BCUT2D eigenvalue weighted by Gasteiger charge is -2.19. The molecule has 0 aromatic carbocycles. The van der Waals surface area contributed by atoms with Gasteiger partial charge < -0.3 is 4.52 Å². The maximum Gasteiger partial charge on any atom is 0.201 e. The van der Waals surface area contributed by atoms with Crippen LogP contribution in [-0.4, -0.2) is 28.2 Å². The van der Waals surface area contributed by atoms with E-state index in [1.807, 2.05) is 20.8 Å². The van der Waals surface area contributed by atoms with Crippen LogP contribution in [0.2, 0.25) is 0 Å². The fourth-order valence-electron chi connectivity index (χ4n) is 1.16. The molecule has 3 nitrogen and oxygen atoms in total. The Labute approximate surface area is 122 Å². The van der Waals surface area contributed by atoms with E-state index >= 15 is 0 Å². The number of thiol groups is 2. The summed E-state index contributed by atoms with van der Waals surface area (Å²) in [6.45, 7) is 6.24. The number of hydrogen-bond donors (Lipinski definition) is 2. The highest BCUT2D eigenvalue weighted by Crippen LogP contribution is 2.44. The Hall–Kier alpha value is 0.430. The molecule has 0 saturated carbocycles. The van der Waals surface area contributed by atoms with Gasteiger partial charge in [0.25, 0.3) is 0 Å². The minimum atomic E-state index is -1.72. The monoisotopic (exact) mass is 310 g/mol. The molecule has 0 aliphatic rings. The van der Waals surface area contributed by atoms with Gasteiger partial charge in [0.15, 0.2) is 8.15 Å². The highest BCUT2D eigenvalue weighted by atomic mass is 32.1. The summed E-state index contributed by atoms with van der Waals surface area (Å²) in [5.41, 5.74) is -0.353. The number of unbranched alkanes of at least 4 members (excludes halogenated alkanes) is 1. The van der Waals surface area contributed by atoms with Crippen molar-refractivity contribution in [3.63, 3.8) is 0 Å². The van der Waals surface area contributed by atoms with Crippen LogP contribution in [-0.2, 0) is 14.1 Å². The summed E-state index contributed by atoms with van der Waals surface area (Å²) in [7, 11) is -1.72. The van der Waals surface area contributed by atoms with Crippen molar-refractivity contribution in [3.8, 4) is 0 Å². The average molecular weight is 310 g/mol. The molecule has 0 aliphatic heterocycles. The molecule has 0 heterocycles. The Morgan fingerprint density at radius 1 is 1.06 bits per heavy atom. The van der Waals surface area contributed by atoms with Crippen molar-refractivity contribution in [1.82, 2.24) is 0 Å². The van der Waals surface area contributed by atoms with Gasteiger partial charge >= 0.3 is 0 Å². The van der Waals surface area contributed by atoms with E-state index in [-0.39, 0.29) is 11.0 Å². The van der Waals surface area contributed by atoms with Gasteiger partial charge in [-0.15, -0.1) is 0 Å². The van der Waals surface area contributed by atoms with Crippen LogP contribution in [0.25, 0.3) is 0 Å². The molecule has 0 amide bonds. The number of carbonyl (C=O) groups is 2. The Kier molecular flexibility index (Phi) is 10.5. The van der Waals surface area contributed by atoms with Crippen LogP contribution in [0.1, 0.15) is 46.5 Å². The zero-order valence-corrected chi connectivity index (χ0v) is 13.9. The predicted octanol–water partition coefficient (Wildman–Crippen LogP) is 3.67. The zero-order chi connectivity index (χ0) is 14.1. The maximum atomic E-state index is 12.1. The van der Waals surface area contributed by atoms with Crippen LogP contribution in [0.5, 0.6) is 0 Å². The molecule has 0 saturated heterocycles. The first-order valence-corrected chi connectivity index (χ1v) is 8.65. The first-order valence-electron chi connectivity index (χ1n) is 6.36.